The maximum Gasteiger partial charge on any atom is 0.164 e. The van der Waals surface area contributed by atoms with Crippen molar-refractivity contribution in [3.63, 3.8) is 0 Å². The molecule has 0 fully saturated rings. The second-order valence-electron chi connectivity index (χ2n) is 15.2. The van der Waals surface area contributed by atoms with Gasteiger partial charge in [-0.1, -0.05) is 188 Å². The summed E-state index contributed by atoms with van der Waals surface area (Å²) >= 11 is 0. The van der Waals surface area contributed by atoms with E-state index in [2.05, 4.69) is 169 Å². The Hall–Kier alpha value is -8.41. The average Bonchev–Trinajstić information content (AvgIpc) is 3.74. The fraction of sp³-hybridized carbons (Fsp3) is 0. The Morgan fingerprint density at radius 3 is 1.16 bits per heavy atom. The molecule has 0 saturated heterocycles. The molecule has 62 heavy (non-hydrogen) atoms. The van der Waals surface area contributed by atoms with Crippen LogP contribution in [0.1, 0.15) is 0 Å². The van der Waals surface area contributed by atoms with Crippen molar-refractivity contribution < 1.29 is 4.42 Å². The Balaban J connectivity index is 1.12. The molecule has 2 aromatic heterocycles. The minimum Gasteiger partial charge on any atom is -0.456 e. The molecule has 292 valence electrons. The minimum absolute atomic E-state index is 0.554. The van der Waals surface area contributed by atoms with Crippen molar-refractivity contribution in [2.75, 3.05) is 4.90 Å². The van der Waals surface area contributed by atoms with Crippen LogP contribution in [0.2, 0.25) is 0 Å². The summed E-state index contributed by atoms with van der Waals surface area (Å²) < 4.78 is 6.72. The summed E-state index contributed by atoms with van der Waals surface area (Å²) in [6.45, 7) is 0. The fourth-order valence-corrected chi connectivity index (χ4v) is 8.24. The number of hydrogen-bond donors (Lipinski definition) is 0. The van der Waals surface area contributed by atoms with Crippen LogP contribution in [0.15, 0.2) is 235 Å². The lowest BCUT2D eigenvalue weighted by Gasteiger charge is -2.26. The largest absolute Gasteiger partial charge is 0.456 e. The monoisotopic (exact) mass is 794 g/mol. The average molecular weight is 795 g/mol. The lowest BCUT2D eigenvalue weighted by molar-refractivity contribution is 0.669. The minimum atomic E-state index is 0.554. The van der Waals surface area contributed by atoms with Gasteiger partial charge in [0.25, 0.3) is 0 Å². The van der Waals surface area contributed by atoms with E-state index in [0.29, 0.717) is 17.5 Å². The first kappa shape index (κ1) is 36.7. The maximum atomic E-state index is 6.72. The highest BCUT2D eigenvalue weighted by Crippen LogP contribution is 2.44. The van der Waals surface area contributed by atoms with Gasteiger partial charge in [-0.05, 0) is 69.8 Å². The first-order chi connectivity index (χ1) is 30.7. The lowest BCUT2D eigenvalue weighted by atomic mass is 10.0. The molecule has 0 bridgehead atoms. The number of nitrogens with zero attached hydrogens (tertiary/aromatic N) is 4. The SMILES string of the molecule is c1ccc(-c2ccc(-c3nc(-c4ccccc4)nc(-c4cc(N(c5ccc(-c6ccccc6)cc5)c5ccc(-c6ccccc6)cc5)cc5oc6ccccc6c45)n3)cc2)cc1. The summed E-state index contributed by atoms with van der Waals surface area (Å²) in [5, 5.41) is 1.93. The molecule has 0 amide bonds. The van der Waals surface area contributed by atoms with Crippen LogP contribution in [0, 0.1) is 0 Å². The van der Waals surface area contributed by atoms with Crippen molar-refractivity contribution in [2.45, 2.75) is 0 Å². The molecule has 0 radical (unpaired) electrons. The summed E-state index contributed by atoms with van der Waals surface area (Å²) in [6, 6.07) is 79.9. The van der Waals surface area contributed by atoms with Crippen molar-refractivity contribution in [2.24, 2.45) is 0 Å². The number of rotatable bonds is 9. The zero-order chi connectivity index (χ0) is 41.2. The molecule has 0 atom stereocenters. The molecular weight excluding hydrogens is 757 g/mol. The van der Waals surface area contributed by atoms with Gasteiger partial charge in [0.2, 0.25) is 0 Å². The van der Waals surface area contributed by atoms with E-state index in [1.807, 2.05) is 66.7 Å². The molecule has 0 unspecified atom stereocenters. The number of furan rings is 1. The Kier molecular flexibility index (Phi) is 9.45. The smallest absolute Gasteiger partial charge is 0.164 e. The van der Waals surface area contributed by atoms with Crippen LogP contribution in [-0.2, 0) is 0 Å². The fourth-order valence-electron chi connectivity index (χ4n) is 8.24. The van der Waals surface area contributed by atoms with Crippen molar-refractivity contribution in [1.82, 2.24) is 15.0 Å². The van der Waals surface area contributed by atoms with Gasteiger partial charge in [0.05, 0.1) is 5.69 Å². The molecule has 0 aliphatic carbocycles. The van der Waals surface area contributed by atoms with Gasteiger partial charge in [0.15, 0.2) is 17.5 Å². The molecule has 5 heteroatoms. The summed E-state index contributed by atoms with van der Waals surface area (Å²) in [4.78, 5) is 17.9. The van der Waals surface area contributed by atoms with E-state index in [-0.39, 0.29) is 0 Å². The Morgan fingerprint density at radius 2 is 0.661 bits per heavy atom. The number of fused-ring (bicyclic) bond motifs is 3. The van der Waals surface area contributed by atoms with Crippen LogP contribution in [0.25, 0.3) is 89.5 Å². The van der Waals surface area contributed by atoms with Crippen molar-refractivity contribution in [1.29, 1.82) is 0 Å². The molecule has 2 heterocycles. The number of para-hydroxylation sites is 1. The van der Waals surface area contributed by atoms with Crippen LogP contribution < -0.4 is 4.90 Å². The van der Waals surface area contributed by atoms with Gasteiger partial charge in [0.1, 0.15) is 11.2 Å². The highest BCUT2D eigenvalue weighted by molar-refractivity contribution is 6.13. The summed E-state index contributed by atoms with van der Waals surface area (Å²) in [7, 11) is 0. The van der Waals surface area contributed by atoms with Gasteiger partial charge in [-0.2, -0.15) is 0 Å². The van der Waals surface area contributed by atoms with E-state index in [9.17, 15) is 0 Å². The number of aromatic nitrogens is 3. The van der Waals surface area contributed by atoms with Crippen LogP contribution >= 0.6 is 0 Å². The van der Waals surface area contributed by atoms with E-state index in [1.165, 1.54) is 11.1 Å². The third-order valence-corrected chi connectivity index (χ3v) is 11.3. The molecule has 0 aliphatic heterocycles. The normalized spacial score (nSPS) is 11.2. The summed E-state index contributed by atoms with van der Waals surface area (Å²) in [6.07, 6.45) is 0. The maximum absolute atomic E-state index is 6.72. The Labute approximate surface area is 359 Å². The van der Waals surface area contributed by atoms with Gasteiger partial charge in [-0.3, -0.25) is 0 Å². The molecule has 0 spiro atoms. The van der Waals surface area contributed by atoms with Gasteiger partial charge >= 0.3 is 0 Å². The molecule has 5 nitrogen and oxygen atoms in total. The van der Waals surface area contributed by atoms with E-state index in [0.717, 1.165) is 77.9 Å². The molecule has 11 aromatic rings. The number of benzene rings is 9. The molecular formula is C57H38N4O. The van der Waals surface area contributed by atoms with E-state index >= 15 is 0 Å². The standard InChI is InChI=1S/C57H38N4O/c1-5-15-39(16-6-1)42-25-27-46(28-26-42)56-58-55(45-21-11-4-12-22-45)59-57(60-56)51-37-49(38-53-54(51)50-23-13-14-24-52(50)62-53)61(47-33-29-43(30-34-47)40-17-7-2-8-18-40)48-35-31-44(32-36-48)41-19-9-3-10-20-41/h1-38H. The van der Waals surface area contributed by atoms with Gasteiger partial charge in [-0.25, -0.2) is 15.0 Å². The first-order valence-electron chi connectivity index (χ1n) is 20.8. The Morgan fingerprint density at radius 1 is 0.290 bits per heavy atom. The molecule has 11 rings (SSSR count). The molecule has 0 aliphatic rings. The Bertz CT molecular complexity index is 3210. The van der Waals surface area contributed by atoms with Gasteiger partial charge in [-0.15, -0.1) is 0 Å². The first-order valence-corrected chi connectivity index (χ1v) is 20.8. The number of hydrogen-bond acceptors (Lipinski definition) is 5. The highest BCUT2D eigenvalue weighted by atomic mass is 16.3. The summed E-state index contributed by atoms with van der Waals surface area (Å²) in [5.41, 5.74) is 14.0. The zero-order valence-electron chi connectivity index (χ0n) is 33.6. The third-order valence-electron chi connectivity index (χ3n) is 11.3. The van der Waals surface area contributed by atoms with Gasteiger partial charge in [0, 0.05) is 44.9 Å². The molecule has 9 aromatic carbocycles. The summed E-state index contributed by atoms with van der Waals surface area (Å²) in [5.74, 6) is 1.73. The van der Waals surface area contributed by atoms with Crippen molar-refractivity contribution in [3.8, 4) is 67.5 Å². The predicted molar refractivity (Wildman–Crippen MR) is 254 cm³/mol. The topological polar surface area (TPSA) is 55.1 Å². The second-order valence-corrected chi connectivity index (χ2v) is 15.2. The van der Waals surface area contributed by atoms with Crippen LogP contribution in [0.5, 0.6) is 0 Å². The van der Waals surface area contributed by atoms with E-state index in [4.69, 9.17) is 19.4 Å². The second kappa shape index (κ2) is 16.0. The quantitative estimate of drug-likeness (QED) is 0.146. The molecule has 0 saturated carbocycles. The van der Waals surface area contributed by atoms with E-state index in [1.54, 1.807) is 0 Å². The predicted octanol–water partition coefficient (Wildman–Crippen LogP) is 15.2. The number of anilines is 3. The molecule has 0 N–H and O–H groups in total. The van der Waals surface area contributed by atoms with Crippen LogP contribution in [0.4, 0.5) is 17.1 Å². The zero-order valence-corrected chi connectivity index (χ0v) is 33.6. The van der Waals surface area contributed by atoms with Gasteiger partial charge < -0.3 is 9.32 Å². The highest BCUT2D eigenvalue weighted by Gasteiger charge is 2.23. The van der Waals surface area contributed by atoms with Crippen molar-refractivity contribution in [3.05, 3.63) is 231 Å². The third kappa shape index (κ3) is 7.08. The van der Waals surface area contributed by atoms with E-state index < -0.39 is 0 Å². The van der Waals surface area contributed by atoms with Crippen LogP contribution in [0.3, 0.4) is 0 Å². The van der Waals surface area contributed by atoms with Crippen molar-refractivity contribution >= 4 is 39.0 Å². The van der Waals surface area contributed by atoms with Crippen LogP contribution in [-0.4, -0.2) is 15.0 Å². The lowest BCUT2D eigenvalue weighted by Crippen LogP contribution is -2.10.